The second-order valence-electron chi connectivity index (χ2n) is 10.8. The van der Waals surface area contributed by atoms with Gasteiger partial charge >= 0.3 is 23.9 Å². The Kier molecular flexibility index (Phi) is 12.1. The molecule has 0 aromatic heterocycles. The molecule has 8 N–H and O–H groups in total. The number of aliphatic carboxylic acids is 3. The molecule has 1 unspecified atom stereocenters. The van der Waals surface area contributed by atoms with Crippen LogP contribution in [0.15, 0.2) is 65.7 Å². The van der Waals surface area contributed by atoms with E-state index in [0.717, 1.165) is 0 Å². The summed E-state index contributed by atoms with van der Waals surface area (Å²) in [4.78, 5) is 67.0. The molecule has 1 atom stereocenters. The van der Waals surface area contributed by atoms with Gasteiger partial charge in [0.25, 0.3) is 5.91 Å². The van der Waals surface area contributed by atoms with Gasteiger partial charge in [0.2, 0.25) is 0 Å². The zero-order valence-electron chi connectivity index (χ0n) is 26.2. The lowest BCUT2D eigenvalue weighted by atomic mass is 10.0. The zero-order chi connectivity index (χ0) is 35.5. The van der Waals surface area contributed by atoms with Gasteiger partial charge in [-0.2, -0.15) is 0 Å². The number of carboxylic acid groups (broad SMARTS) is 3. The molecule has 16 nitrogen and oxygen atoms in total. The molecule has 16 heteroatoms. The smallest absolute Gasteiger partial charge is 0.343 e. The molecule has 0 fully saturated rings. The summed E-state index contributed by atoms with van der Waals surface area (Å²) in [6, 6.07) is 13.5. The third-order valence-electron chi connectivity index (χ3n) is 7.22. The van der Waals surface area contributed by atoms with E-state index in [2.05, 4.69) is 10.3 Å². The van der Waals surface area contributed by atoms with Crippen LogP contribution in [0.1, 0.15) is 38.3 Å². The predicted molar refractivity (Wildman–Crippen MR) is 173 cm³/mol. The second-order valence-corrected chi connectivity index (χ2v) is 10.8. The van der Waals surface area contributed by atoms with Crippen molar-refractivity contribution in [3.8, 4) is 17.2 Å². The number of hydrogen-bond donors (Lipinski definition) is 6. The highest BCUT2D eigenvalue weighted by Gasteiger charge is 2.35. The number of carbonyl (C=O) groups excluding carboxylic acids is 2. The molecule has 0 radical (unpaired) electrons. The fourth-order valence-corrected chi connectivity index (χ4v) is 5.05. The minimum Gasteiger partial charge on any atom is -0.492 e. The number of rotatable bonds is 14. The highest BCUT2D eigenvalue weighted by Crippen LogP contribution is 2.35. The minimum atomic E-state index is -1.61. The molecule has 1 heterocycles. The number of esters is 1. The van der Waals surface area contributed by atoms with Gasteiger partial charge in [0.05, 0.1) is 30.0 Å². The van der Waals surface area contributed by atoms with Crippen LogP contribution >= 0.6 is 0 Å². The van der Waals surface area contributed by atoms with Gasteiger partial charge in [-0.05, 0) is 66.4 Å². The van der Waals surface area contributed by atoms with Crippen LogP contribution in [0.25, 0.3) is 0 Å². The van der Waals surface area contributed by atoms with Crippen LogP contribution < -0.4 is 31.0 Å². The number of amides is 1. The maximum Gasteiger partial charge on any atom is 0.343 e. The summed E-state index contributed by atoms with van der Waals surface area (Å²) in [5.74, 6) is -5.58. The zero-order valence-corrected chi connectivity index (χ0v) is 26.2. The number of fused-ring (bicyclic) bond motifs is 2. The van der Waals surface area contributed by atoms with E-state index < -0.39 is 42.4 Å². The first kappa shape index (κ1) is 35.7. The second kappa shape index (κ2) is 16.6. The lowest BCUT2D eigenvalue weighted by molar-refractivity contribution is -0.145. The van der Waals surface area contributed by atoms with Crippen molar-refractivity contribution in [1.82, 2.24) is 10.2 Å². The average molecular weight is 678 g/mol. The van der Waals surface area contributed by atoms with Crippen molar-refractivity contribution in [2.75, 3.05) is 32.8 Å². The summed E-state index contributed by atoms with van der Waals surface area (Å²) < 4.78 is 17.1. The number of carboxylic acids is 3. The number of carbonyl (C=O) groups is 5. The summed E-state index contributed by atoms with van der Waals surface area (Å²) in [7, 11) is 0. The van der Waals surface area contributed by atoms with Crippen LogP contribution in [0.2, 0.25) is 0 Å². The van der Waals surface area contributed by atoms with E-state index in [0.29, 0.717) is 40.3 Å². The van der Waals surface area contributed by atoms with Crippen molar-refractivity contribution in [1.29, 1.82) is 0 Å². The molecule has 0 spiro atoms. The summed E-state index contributed by atoms with van der Waals surface area (Å²) in [6.07, 6.45) is 0.502. The molecule has 1 aliphatic heterocycles. The molecule has 3 aromatic carbocycles. The number of para-hydroxylation sites is 1. The normalized spacial score (nSPS) is 12.9. The van der Waals surface area contributed by atoms with Crippen LogP contribution in [0, 0.1) is 0 Å². The van der Waals surface area contributed by atoms with Crippen molar-refractivity contribution in [3.05, 3.63) is 82.9 Å². The lowest BCUT2D eigenvalue weighted by Gasteiger charge is -2.29. The van der Waals surface area contributed by atoms with Crippen LogP contribution in [-0.2, 0) is 27.2 Å². The van der Waals surface area contributed by atoms with Crippen LogP contribution in [0.3, 0.4) is 0 Å². The summed E-state index contributed by atoms with van der Waals surface area (Å²) >= 11 is 0. The van der Waals surface area contributed by atoms with E-state index in [1.807, 2.05) is 0 Å². The summed E-state index contributed by atoms with van der Waals surface area (Å²) in [6.45, 7) is -0.647. The van der Waals surface area contributed by atoms with E-state index >= 15 is 0 Å². The number of aryl methyl sites for hydroxylation is 1. The SMILES string of the molecule is NC(N)=Nc1ccc2c(c1)CCCOc1c(cccc1C(=O)N(CC(=O)O)C(Cc1ccc(OCCNCC(=O)O)cc1)C(=O)O)OC2=O. The van der Waals surface area contributed by atoms with Gasteiger partial charge in [-0.25, -0.2) is 14.6 Å². The fourth-order valence-electron chi connectivity index (χ4n) is 5.05. The van der Waals surface area contributed by atoms with Crippen LogP contribution in [0.5, 0.6) is 17.2 Å². The molecule has 49 heavy (non-hydrogen) atoms. The Morgan fingerprint density at radius 3 is 2.43 bits per heavy atom. The van der Waals surface area contributed by atoms with E-state index in [4.69, 9.17) is 30.8 Å². The van der Waals surface area contributed by atoms with E-state index in [9.17, 15) is 34.2 Å². The first-order chi connectivity index (χ1) is 23.4. The third-order valence-corrected chi connectivity index (χ3v) is 7.22. The Bertz CT molecular complexity index is 1740. The molecule has 0 saturated carbocycles. The number of aliphatic imine (C=N–C) groups is 1. The number of nitrogens with zero attached hydrogens (tertiary/aromatic N) is 2. The predicted octanol–water partition coefficient (Wildman–Crippen LogP) is 1.41. The Morgan fingerprint density at radius 2 is 1.76 bits per heavy atom. The van der Waals surface area contributed by atoms with Gasteiger partial charge in [-0.3, -0.25) is 14.4 Å². The third kappa shape index (κ3) is 9.92. The first-order valence-corrected chi connectivity index (χ1v) is 15.0. The van der Waals surface area contributed by atoms with Gasteiger partial charge in [-0.1, -0.05) is 18.2 Å². The number of hydrogen-bond acceptors (Lipinski definition) is 10. The average Bonchev–Trinajstić information content (AvgIpc) is 3.04. The van der Waals surface area contributed by atoms with Crippen LogP contribution in [0.4, 0.5) is 5.69 Å². The maximum atomic E-state index is 14.0. The van der Waals surface area contributed by atoms with Gasteiger partial charge in [0.15, 0.2) is 17.5 Å². The Morgan fingerprint density at radius 1 is 1.00 bits per heavy atom. The van der Waals surface area contributed by atoms with Gasteiger partial charge in [0, 0.05) is 13.0 Å². The largest absolute Gasteiger partial charge is 0.492 e. The molecule has 3 aromatic rings. The van der Waals surface area contributed by atoms with Crippen LogP contribution in [-0.4, -0.2) is 94.9 Å². The quantitative estimate of drug-likeness (QED) is 0.0464. The molecule has 4 rings (SSSR count). The fraction of sp³-hybridized carbons (Fsp3) is 0.273. The monoisotopic (exact) mass is 677 g/mol. The highest BCUT2D eigenvalue weighted by molar-refractivity contribution is 6.02. The van der Waals surface area contributed by atoms with Crippen molar-refractivity contribution < 1.29 is 53.5 Å². The molecule has 1 aliphatic rings. The van der Waals surface area contributed by atoms with E-state index in [-0.39, 0.29) is 61.3 Å². The molecular formula is C33H35N5O11. The Hall–Kier alpha value is -6.16. The molecule has 0 aliphatic carbocycles. The summed E-state index contributed by atoms with van der Waals surface area (Å²) in [5, 5.41) is 31.2. The molecule has 0 saturated heterocycles. The van der Waals surface area contributed by atoms with Gasteiger partial charge in [0.1, 0.15) is 24.9 Å². The van der Waals surface area contributed by atoms with Crippen molar-refractivity contribution in [2.45, 2.75) is 25.3 Å². The Balaban J connectivity index is 1.58. The topological polar surface area (TPSA) is 253 Å². The molecule has 1 amide bonds. The molecule has 0 bridgehead atoms. The summed E-state index contributed by atoms with van der Waals surface area (Å²) in [5.41, 5.74) is 12.5. The maximum absolute atomic E-state index is 14.0. The van der Waals surface area contributed by atoms with Crippen molar-refractivity contribution >= 4 is 41.4 Å². The van der Waals surface area contributed by atoms with E-state index in [1.165, 1.54) is 24.3 Å². The Labute approximate surface area is 279 Å². The number of nitrogens with one attached hydrogen (secondary N) is 1. The number of ether oxygens (including phenoxy) is 3. The highest BCUT2D eigenvalue weighted by atomic mass is 16.6. The number of benzene rings is 3. The number of guanidine groups is 1. The minimum absolute atomic E-state index is 0.0616. The molecular weight excluding hydrogens is 642 g/mol. The van der Waals surface area contributed by atoms with Crippen molar-refractivity contribution in [3.63, 3.8) is 0 Å². The number of nitrogens with two attached hydrogens (primary N) is 2. The first-order valence-electron chi connectivity index (χ1n) is 15.0. The van der Waals surface area contributed by atoms with E-state index in [1.54, 1.807) is 36.4 Å². The van der Waals surface area contributed by atoms with Gasteiger partial charge < -0.3 is 51.2 Å². The van der Waals surface area contributed by atoms with Crippen molar-refractivity contribution in [2.24, 2.45) is 16.5 Å². The standard InChI is InChI=1S/C33H35N5O11/c34-33(35)37-21-8-11-23-20(16-21)3-2-13-48-29-24(4-1-5-26(29)49-32(23)46)30(43)38(18-28(41)42)25(31(44)45)15-19-6-9-22(10-7-19)47-14-12-36-17-27(39)40/h1,4-11,16,25,36H,2-3,12-15,17-18H2,(H,39,40)(H,41,42)(H,44,45)(H4,34,35,37). The lowest BCUT2D eigenvalue weighted by Crippen LogP contribution is -2.48. The van der Waals surface area contributed by atoms with Gasteiger partial charge in [-0.15, -0.1) is 0 Å². The molecule has 258 valence electrons.